The minimum absolute atomic E-state index is 0.184. The molecule has 5 nitrogen and oxygen atoms in total. The number of para-hydroxylation sites is 1. The first-order valence-electron chi connectivity index (χ1n) is 11.6. The molecule has 1 unspecified atom stereocenters. The Hall–Kier alpha value is -2.05. The molecule has 2 heterocycles. The summed E-state index contributed by atoms with van der Waals surface area (Å²) in [5.41, 5.74) is 2.24. The average Bonchev–Trinajstić information content (AvgIpc) is 2.79. The molecule has 2 saturated heterocycles. The highest BCUT2D eigenvalue weighted by Gasteiger charge is 2.30. The van der Waals surface area contributed by atoms with E-state index >= 15 is 0 Å². The van der Waals surface area contributed by atoms with E-state index in [0.717, 1.165) is 44.0 Å². The van der Waals surface area contributed by atoms with Crippen molar-refractivity contribution in [2.75, 3.05) is 37.7 Å². The van der Waals surface area contributed by atoms with Gasteiger partial charge in [-0.05, 0) is 88.0 Å². The van der Waals surface area contributed by atoms with Crippen molar-refractivity contribution in [3.8, 4) is 5.75 Å². The van der Waals surface area contributed by atoms with Gasteiger partial charge in [0.1, 0.15) is 5.75 Å². The third kappa shape index (κ3) is 6.04. The Morgan fingerprint density at radius 3 is 2.56 bits per heavy atom. The first-order valence-corrected chi connectivity index (χ1v) is 12.4. The van der Waals surface area contributed by atoms with E-state index < -0.39 is 0 Å². The highest BCUT2D eigenvalue weighted by Crippen LogP contribution is 2.30. The van der Waals surface area contributed by atoms with Crippen LogP contribution in [0.4, 0.5) is 10.5 Å². The molecule has 2 fully saturated rings. The van der Waals surface area contributed by atoms with Crippen molar-refractivity contribution >= 4 is 27.7 Å². The van der Waals surface area contributed by atoms with Crippen LogP contribution in [-0.2, 0) is 11.2 Å². The molecule has 1 amide bonds. The number of likely N-dealkylation sites (tertiary alicyclic amines) is 1. The Bertz CT molecular complexity index is 897. The smallest absolute Gasteiger partial charge is 0.414 e. The summed E-state index contributed by atoms with van der Waals surface area (Å²) in [4.78, 5) is 16.5. The van der Waals surface area contributed by atoms with Crippen molar-refractivity contribution in [1.82, 2.24) is 4.90 Å². The van der Waals surface area contributed by atoms with Gasteiger partial charge in [0.2, 0.25) is 0 Å². The molecule has 172 valence electrons. The van der Waals surface area contributed by atoms with E-state index in [1.807, 2.05) is 36.4 Å². The zero-order chi connectivity index (χ0) is 22.5. The maximum atomic E-state index is 12.2. The Balaban J connectivity index is 1.28. The highest BCUT2D eigenvalue weighted by molar-refractivity contribution is 9.10. The van der Waals surface area contributed by atoms with E-state index in [1.54, 1.807) is 4.90 Å². The van der Waals surface area contributed by atoms with Gasteiger partial charge in [-0.1, -0.05) is 34.1 Å². The number of piperidine rings is 1. The second kappa shape index (κ2) is 10.7. The van der Waals surface area contributed by atoms with Crippen LogP contribution in [0.25, 0.3) is 0 Å². The maximum absolute atomic E-state index is 12.2. The Labute approximate surface area is 199 Å². The number of ether oxygens (including phenoxy) is 2. The molecule has 0 saturated carbocycles. The van der Waals surface area contributed by atoms with Gasteiger partial charge in [-0.25, -0.2) is 4.79 Å². The van der Waals surface area contributed by atoms with E-state index in [9.17, 15) is 4.79 Å². The van der Waals surface area contributed by atoms with Gasteiger partial charge in [-0.15, -0.1) is 0 Å². The summed E-state index contributed by atoms with van der Waals surface area (Å²) in [6, 6.07) is 16.1. The monoisotopic (exact) mass is 500 g/mol. The van der Waals surface area contributed by atoms with Crippen LogP contribution < -0.4 is 9.64 Å². The Morgan fingerprint density at radius 1 is 1.09 bits per heavy atom. The van der Waals surface area contributed by atoms with Gasteiger partial charge in [-0.2, -0.15) is 0 Å². The SMILES string of the molecule is CC(C)Oc1ccc(Br)c(CC2CCN(CC3COC(=O)N(c4ccccc4)C3)CC2)c1. The topological polar surface area (TPSA) is 42.0 Å². The normalized spacial score (nSPS) is 20.4. The zero-order valence-electron chi connectivity index (χ0n) is 19.0. The van der Waals surface area contributed by atoms with Gasteiger partial charge in [0.05, 0.1) is 12.7 Å². The molecule has 2 aromatic carbocycles. The maximum Gasteiger partial charge on any atom is 0.414 e. The molecule has 2 aromatic rings. The molecule has 0 bridgehead atoms. The standard InChI is InChI=1S/C26H33BrN2O3/c1-19(2)32-24-8-9-25(27)22(15-24)14-20-10-12-28(13-11-20)16-21-17-29(26(30)31-18-21)23-6-4-3-5-7-23/h3-9,15,19-21H,10-14,16-18H2,1-2H3. The molecular formula is C26H33BrN2O3. The van der Waals surface area contributed by atoms with Gasteiger partial charge in [0.15, 0.2) is 0 Å². The lowest BCUT2D eigenvalue weighted by Crippen LogP contribution is -2.48. The van der Waals surface area contributed by atoms with Crippen molar-refractivity contribution < 1.29 is 14.3 Å². The lowest BCUT2D eigenvalue weighted by atomic mass is 9.89. The lowest BCUT2D eigenvalue weighted by Gasteiger charge is -2.38. The zero-order valence-corrected chi connectivity index (χ0v) is 20.6. The summed E-state index contributed by atoms with van der Waals surface area (Å²) in [7, 11) is 0. The molecule has 0 N–H and O–H groups in total. The van der Waals surface area contributed by atoms with Crippen molar-refractivity contribution in [2.45, 2.75) is 39.2 Å². The number of hydrogen-bond acceptors (Lipinski definition) is 4. The number of anilines is 1. The third-order valence-corrected chi connectivity index (χ3v) is 7.07. The summed E-state index contributed by atoms with van der Waals surface area (Å²) in [6.07, 6.45) is 3.41. The first kappa shape index (κ1) is 23.1. The number of carbonyl (C=O) groups is 1. The number of cyclic esters (lactones) is 1. The number of nitrogens with zero attached hydrogens (tertiary/aromatic N) is 2. The van der Waals surface area contributed by atoms with E-state index in [4.69, 9.17) is 9.47 Å². The summed E-state index contributed by atoms with van der Waals surface area (Å²) in [5, 5.41) is 0. The molecule has 2 aliphatic heterocycles. The fourth-order valence-corrected chi connectivity index (χ4v) is 5.09. The summed E-state index contributed by atoms with van der Waals surface area (Å²) < 4.78 is 12.5. The van der Waals surface area contributed by atoms with E-state index in [1.165, 1.54) is 22.9 Å². The van der Waals surface area contributed by atoms with Crippen molar-refractivity contribution in [3.63, 3.8) is 0 Å². The second-order valence-corrected chi connectivity index (χ2v) is 10.1. The van der Waals surface area contributed by atoms with Gasteiger partial charge in [0, 0.05) is 29.2 Å². The number of amides is 1. The number of hydrogen-bond donors (Lipinski definition) is 0. The largest absolute Gasteiger partial charge is 0.491 e. The van der Waals surface area contributed by atoms with Crippen LogP contribution in [0.1, 0.15) is 32.3 Å². The predicted molar refractivity (Wildman–Crippen MR) is 131 cm³/mol. The molecule has 0 radical (unpaired) electrons. The minimum atomic E-state index is -0.236. The Kier molecular flexibility index (Phi) is 7.74. The van der Waals surface area contributed by atoms with Crippen LogP contribution in [0.15, 0.2) is 53.0 Å². The summed E-state index contributed by atoms with van der Waals surface area (Å²) >= 11 is 3.72. The second-order valence-electron chi connectivity index (χ2n) is 9.26. The average molecular weight is 501 g/mol. The minimum Gasteiger partial charge on any atom is -0.491 e. The van der Waals surface area contributed by atoms with Crippen LogP contribution in [0.2, 0.25) is 0 Å². The summed E-state index contributed by atoms with van der Waals surface area (Å²) in [5.74, 6) is 1.97. The molecule has 2 aliphatic rings. The van der Waals surface area contributed by atoms with Gasteiger partial charge in [0.25, 0.3) is 0 Å². The lowest BCUT2D eigenvalue weighted by molar-refractivity contribution is 0.0870. The Morgan fingerprint density at radius 2 is 1.84 bits per heavy atom. The van der Waals surface area contributed by atoms with E-state index in [-0.39, 0.29) is 12.2 Å². The van der Waals surface area contributed by atoms with Crippen LogP contribution in [0, 0.1) is 11.8 Å². The van der Waals surface area contributed by atoms with Crippen LogP contribution in [0.3, 0.4) is 0 Å². The number of carbonyl (C=O) groups excluding carboxylic acids is 1. The van der Waals surface area contributed by atoms with Crippen molar-refractivity contribution in [2.24, 2.45) is 11.8 Å². The number of benzene rings is 2. The van der Waals surface area contributed by atoms with Crippen molar-refractivity contribution in [3.05, 3.63) is 58.6 Å². The molecule has 4 rings (SSSR count). The van der Waals surface area contributed by atoms with Crippen LogP contribution >= 0.6 is 15.9 Å². The highest BCUT2D eigenvalue weighted by atomic mass is 79.9. The fourth-order valence-electron chi connectivity index (χ4n) is 4.68. The fraction of sp³-hybridized carbons (Fsp3) is 0.500. The molecule has 6 heteroatoms. The quantitative estimate of drug-likeness (QED) is 0.484. The number of rotatable bonds is 7. The van der Waals surface area contributed by atoms with E-state index in [0.29, 0.717) is 18.4 Å². The molecule has 32 heavy (non-hydrogen) atoms. The predicted octanol–water partition coefficient (Wildman–Crippen LogP) is 5.76. The van der Waals surface area contributed by atoms with Gasteiger partial charge >= 0.3 is 6.09 Å². The third-order valence-electron chi connectivity index (χ3n) is 6.29. The van der Waals surface area contributed by atoms with Crippen LogP contribution in [-0.4, -0.2) is 49.9 Å². The van der Waals surface area contributed by atoms with Gasteiger partial charge < -0.3 is 14.4 Å². The van der Waals surface area contributed by atoms with Gasteiger partial charge in [-0.3, -0.25) is 4.90 Å². The summed E-state index contributed by atoms with van der Waals surface area (Å²) in [6.45, 7) is 8.52. The molecule has 0 aliphatic carbocycles. The molecule has 1 atom stereocenters. The molecular weight excluding hydrogens is 468 g/mol. The number of halogens is 1. The molecule has 0 spiro atoms. The van der Waals surface area contributed by atoms with E-state index in [2.05, 4.69) is 46.8 Å². The van der Waals surface area contributed by atoms with Crippen LogP contribution in [0.5, 0.6) is 5.75 Å². The first-order chi connectivity index (χ1) is 15.5. The molecule has 0 aromatic heterocycles. The van der Waals surface area contributed by atoms with Crippen molar-refractivity contribution in [1.29, 1.82) is 0 Å².